The van der Waals surface area contributed by atoms with Crippen LogP contribution in [-0.4, -0.2) is 47.7 Å². The Hall–Kier alpha value is -2.23. The molecule has 0 aliphatic carbocycles. The molecule has 1 fully saturated rings. The zero-order chi connectivity index (χ0) is 17.2. The van der Waals surface area contributed by atoms with E-state index in [1.165, 1.54) is 18.4 Å². The molecule has 0 aromatic carbocycles. The number of nitrogens with zero attached hydrogens (tertiary/aromatic N) is 1. The van der Waals surface area contributed by atoms with Crippen LogP contribution in [0.4, 0.5) is 5.13 Å². The lowest BCUT2D eigenvalue weighted by Crippen LogP contribution is -2.54. The smallest absolute Gasteiger partial charge is 0.354 e. The molecular weight excluding hydrogens is 332 g/mol. The van der Waals surface area contributed by atoms with Crippen LogP contribution >= 0.6 is 11.3 Å². The summed E-state index contributed by atoms with van der Waals surface area (Å²) in [4.78, 5) is 31.0. The molecule has 128 valence electrons. The Bertz CT molecular complexity index is 748. The summed E-state index contributed by atoms with van der Waals surface area (Å²) in [5, 5.41) is 5.03. The number of carbonyl (C=O) groups excluding carboxylic acids is 2. The maximum absolute atomic E-state index is 12.4. The van der Waals surface area contributed by atoms with E-state index in [0.717, 1.165) is 5.56 Å². The van der Waals surface area contributed by atoms with E-state index in [2.05, 4.69) is 20.0 Å². The van der Waals surface area contributed by atoms with Gasteiger partial charge >= 0.3 is 5.97 Å². The van der Waals surface area contributed by atoms with E-state index in [1.807, 2.05) is 0 Å². The first-order valence-electron chi connectivity index (χ1n) is 7.42. The minimum atomic E-state index is -0.920. The normalized spacial score (nSPS) is 16.6. The van der Waals surface area contributed by atoms with Crippen LogP contribution < -0.4 is 11.1 Å². The topological polar surface area (TPSA) is 119 Å². The van der Waals surface area contributed by atoms with Crippen LogP contribution in [0.3, 0.4) is 0 Å². The molecule has 1 aliphatic rings. The van der Waals surface area contributed by atoms with Gasteiger partial charge in [-0.15, -0.1) is 11.3 Å². The van der Waals surface area contributed by atoms with E-state index in [-0.39, 0.29) is 5.91 Å². The van der Waals surface area contributed by atoms with Crippen molar-refractivity contribution in [2.24, 2.45) is 5.73 Å². The number of amides is 1. The Morgan fingerprint density at radius 3 is 2.92 bits per heavy atom. The summed E-state index contributed by atoms with van der Waals surface area (Å²) in [7, 11) is 1.32. The van der Waals surface area contributed by atoms with Crippen molar-refractivity contribution in [3.05, 3.63) is 23.3 Å². The van der Waals surface area contributed by atoms with Gasteiger partial charge in [-0.2, -0.15) is 0 Å². The third kappa shape index (κ3) is 3.32. The molecule has 1 aliphatic heterocycles. The minimum absolute atomic E-state index is 0.254. The first-order valence-corrected chi connectivity index (χ1v) is 8.30. The molecule has 1 saturated heterocycles. The number of H-pyrrole nitrogens is 1. The van der Waals surface area contributed by atoms with Crippen molar-refractivity contribution in [1.29, 1.82) is 0 Å². The number of hydrogen-bond acceptors (Lipinski definition) is 7. The lowest BCUT2D eigenvalue weighted by atomic mass is 9.90. The van der Waals surface area contributed by atoms with Crippen molar-refractivity contribution in [2.75, 3.05) is 25.6 Å². The Morgan fingerprint density at radius 2 is 2.21 bits per heavy atom. The van der Waals surface area contributed by atoms with E-state index >= 15 is 0 Å². The highest BCUT2D eigenvalue weighted by Crippen LogP contribution is 2.27. The first-order chi connectivity index (χ1) is 11.5. The standard InChI is InChI=1S/C15H18N4O4S/c1-22-12(20)10-6-9(7-17-10)11-8-24-14(18-11)19-13(21)15(16)2-4-23-5-3-15/h6-8,17H,2-5,16H2,1H3,(H,18,19,21). The number of hydrogen-bond donors (Lipinski definition) is 3. The van der Waals surface area contributed by atoms with Crippen molar-refractivity contribution in [1.82, 2.24) is 9.97 Å². The van der Waals surface area contributed by atoms with Gasteiger partial charge in [0.25, 0.3) is 0 Å². The molecule has 1 amide bonds. The van der Waals surface area contributed by atoms with Gasteiger partial charge in [0.05, 0.1) is 12.8 Å². The number of ether oxygens (including phenoxy) is 2. The summed E-state index contributed by atoms with van der Waals surface area (Å²) in [6.07, 6.45) is 2.63. The van der Waals surface area contributed by atoms with Crippen molar-refractivity contribution >= 4 is 28.3 Å². The summed E-state index contributed by atoms with van der Waals surface area (Å²) in [6.45, 7) is 0.958. The Kier molecular flexibility index (Phi) is 4.65. The van der Waals surface area contributed by atoms with E-state index in [9.17, 15) is 9.59 Å². The van der Waals surface area contributed by atoms with Crippen LogP contribution in [0.1, 0.15) is 23.3 Å². The number of carbonyl (C=O) groups is 2. The fourth-order valence-electron chi connectivity index (χ4n) is 2.42. The van der Waals surface area contributed by atoms with Crippen LogP contribution in [0.5, 0.6) is 0 Å². The highest BCUT2D eigenvalue weighted by molar-refractivity contribution is 7.14. The molecule has 0 spiro atoms. The summed E-state index contributed by atoms with van der Waals surface area (Å²) in [5.74, 6) is -0.703. The molecule has 9 heteroatoms. The summed E-state index contributed by atoms with van der Waals surface area (Å²) in [6, 6.07) is 1.65. The predicted molar refractivity (Wildman–Crippen MR) is 88.8 cm³/mol. The molecule has 0 radical (unpaired) electrons. The van der Waals surface area contributed by atoms with Gasteiger partial charge in [-0.3, -0.25) is 4.79 Å². The number of rotatable bonds is 4. The van der Waals surface area contributed by atoms with Crippen LogP contribution in [0.15, 0.2) is 17.6 Å². The van der Waals surface area contributed by atoms with Gasteiger partial charge in [0, 0.05) is 30.4 Å². The molecular formula is C15H18N4O4S. The predicted octanol–water partition coefficient (Wildman–Crippen LogP) is 1.37. The quantitative estimate of drug-likeness (QED) is 0.717. The van der Waals surface area contributed by atoms with Gasteiger partial charge in [0.1, 0.15) is 11.2 Å². The number of aromatic amines is 1. The number of thiazole rings is 1. The average molecular weight is 350 g/mol. The SMILES string of the molecule is COC(=O)c1cc(-c2csc(NC(=O)C3(N)CCOCC3)n2)c[nH]1. The highest BCUT2D eigenvalue weighted by Gasteiger charge is 2.36. The fraction of sp³-hybridized carbons (Fsp3) is 0.400. The van der Waals surface area contributed by atoms with Crippen LogP contribution in [-0.2, 0) is 14.3 Å². The molecule has 24 heavy (non-hydrogen) atoms. The fourth-order valence-corrected chi connectivity index (χ4v) is 3.13. The Balaban J connectivity index is 1.70. The number of esters is 1. The van der Waals surface area contributed by atoms with Crippen LogP contribution in [0.25, 0.3) is 11.3 Å². The second kappa shape index (κ2) is 6.71. The largest absolute Gasteiger partial charge is 0.464 e. The second-order valence-electron chi connectivity index (χ2n) is 5.55. The Labute approximate surface area is 142 Å². The number of anilines is 1. The molecule has 0 saturated carbocycles. The van der Waals surface area contributed by atoms with E-state index in [0.29, 0.717) is 42.6 Å². The van der Waals surface area contributed by atoms with Crippen molar-refractivity contribution < 1.29 is 19.1 Å². The molecule has 3 rings (SSSR count). The van der Waals surface area contributed by atoms with Crippen LogP contribution in [0.2, 0.25) is 0 Å². The lowest BCUT2D eigenvalue weighted by Gasteiger charge is -2.31. The van der Waals surface area contributed by atoms with Gasteiger partial charge in [-0.25, -0.2) is 9.78 Å². The molecule has 0 unspecified atom stereocenters. The molecule has 8 nitrogen and oxygen atoms in total. The lowest BCUT2D eigenvalue weighted by molar-refractivity contribution is -0.124. The summed E-state index contributed by atoms with van der Waals surface area (Å²) < 4.78 is 9.90. The first kappa shape index (κ1) is 16.6. The van der Waals surface area contributed by atoms with Crippen molar-refractivity contribution in [3.8, 4) is 11.3 Å². The van der Waals surface area contributed by atoms with E-state index in [1.54, 1.807) is 17.6 Å². The van der Waals surface area contributed by atoms with Gasteiger partial charge in [0.2, 0.25) is 5.91 Å². The van der Waals surface area contributed by atoms with Crippen LogP contribution in [0, 0.1) is 0 Å². The average Bonchev–Trinajstić information content (AvgIpc) is 3.24. The van der Waals surface area contributed by atoms with Crippen molar-refractivity contribution in [2.45, 2.75) is 18.4 Å². The number of methoxy groups -OCH3 is 1. The molecule has 0 bridgehead atoms. The molecule has 3 heterocycles. The zero-order valence-corrected chi connectivity index (χ0v) is 13.9. The second-order valence-corrected chi connectivity index (χ2v) is 6.41. The summed E-state index contributed by atoms with van der Waals surface area (Å²) >= 11 is 1.30. The van der Waals surface area contributed by atoms with E-state index in [4.69, 9.17) is 10.5 Å². The molecule has 2 aromatic heterocycles. The number of nitrogens with one attached hydrogen (secondary N) is 2. The van der Waals surface area contributed by atoms with Gasteiger partial charge in [0.15, 0.2) is 5.13 Å². The Morgan fingerprint density at radius 1 is 1.46 bits per heavy atom. The van der Waals surface area contributed by atoms with E-state index < -0.39 is 11.5 Å². The maximum atomic E-state index is 12.4. The molecule has 0 atom stereocenters. The minimum Gasteiger partial charge on any atom is -0.464 e. The number of nitrogens with two attached hydrogens (primary N) is 1. The monoisotopic (exact) mass is 350 g/mol. The van der Waals surface area contributed by atoms with Gasteiger partial charge in [-0.05, 0) is 18.9 Å². The maximum Gasteiger partial charge on any atom is 0.354 e. The van der Waals surface area contributed by atoms with Gasteiger partial charge in [-0.1, -0.05) is 0 Å². The van der Waals surface area contributed by atoms with Gasteiger partial charge < -0.3 is 25.5 Å². The van der Waals surface area contributed by atoms with Crippen molar-refractivity contribution in [3.63, 3.8) is 0 Å². The third-order valence-corrected chi connectivity index (χ3v) is 4.70. The molecule has 4 N–H and O–H groups in total. The highest BCUT2D eigenvalue weighted by atomic mass is 32.1. The molecule has 2 aromatic rings. The number of aromatic nitrogens is 2. The third-order valence-electron chi connectivity index (χ3n) is 3.95. The summed E-state index contributed by atoms with van der Waals surface area (Å²) in [5.41, 5.74) is 6.96. The zero-order valence-electron chi connectivity index (χ0n) is 13.1.